The third-order valence-corrected chi connectivity index (χ3v) is 5.53. The van der Waals surface area contributed by atoms with Crippen LogP contribution in [0.2, 0.25) is 0 Å². The Morgan fingerprint density at radius 1 is 1.14 bits per heavy atom. The van der Waals surface area contributed by atoms with Crippen molar-refractivity contribution in [2.75, 3.05) is 7.11 Å². The van der Waals surface area contributed by atoms with E-state index in [-0.39, 0.29) is 17.6 Å². The standard InChI is InChI=1S/C22H25N3O3/c1-28-18-10-7-15(8-11-18)14-23-21(26)16-9-12-20-19(13-16)24-22(27)25(20)17-5-3-2-4-6-17/h7-13,17H,2-6,14H2,1H3,(H,23,26)(H,24,27). The van der Waals surface area contributed by atoms with Crippen LogP contribution >= 0.6 is 0 Å². The third kappa shape index (κ3) is 3.67. The van der Waals surface area contributed by atoms with E-state index in [1.165, 1.54) is 6.42 Å². The number of aromatic amines is 1. The van der Waals surface area contributed by atoms with Gasteiger partial charge in [-0.15, -0.1) is 0 Å². The number of carbonyl (C=O) groups is 1. The second kappa shape index (κ2) is 7.92. The molecular formula is C22H25N3O3. The van der Waals surface area contributed by atoms with Crippen LogP contribution < -0.4 is 15.7 Å². The first kappa shape index (κ1) is 18.3. The van der Waals surface area contributed by atoms with Crippen molar-refractivity contribution in [2.24, 2.45) is 0 Å². The number of carbonyl (C=O) groups excluding carboxylic acids is 1. The molecule has 2 N–H and O–H groups in total. The van der Waals surface area contributed by atoms with Gasteiger partial charge in [0.1, 0.15) is 5.75 Å². The Bertz CT molecular complexity index is 1030. The molecule has 0 spiro atoms. The number of imidazole rings is 1. The summed E-state index contributed by atoms with van der Waals surface area (Å²) in [6.45, 7) is 0.431. The maximum Gasteiger partial charge on any atom is 0.326 e. The molecule has 0 bridgehead atoms. The van der Waals surface area contributed by atoms with Crippen LogP contribution in [0.1, 0.15) is 54.1 Å². The maximum atomic E-state index is 12.5. The van der Waals surface area contributed by atoms with Crippen molar-refractivity contribution in [1.29, 1.82) is 0 Å². The predicted octanol–water partition coefficient (Wildman–Crippen LogP) is 3.77. The highest BCUT2D eigenvalue weighted by molar-refractivity contribution is 5.97. The van der Waals surface area contributed by atoms with E-state index < -0.39 is 0 Å². The fourth-order valence-electron chi connectivity index (χ4n) is 4.00. The molecule has 0 atom stereocenters. The van der Waals surface area contributed by atoms with Gasteiger partial charge < -0.3 is 15.0 Å². The average Bonchev–Trinajstić information content (AvgIpc) is 3.07. The summed E-state index contributed by atoms with van der Waals surface area (Å²) in [4.78, 5) is 27.9. The monoisotopic (exact) mass is 379 g/mol. The van der Waals surface area contributed by atoms with Gasteiger partial charge in [-0.2, -0.15) is 0 Å². The number of nitrogens with one attached hydrogen (secondary N) is 2. The molecule has 6 heteroatoms. The number of fused-ring (bicyclic) bond motifs is 1. The van der Waals surface area contributed by atoms with Crippen molar-refractivity contribution < 1.29 is 9.53 Å². The largest absolute Gasteiger partial charge is 0.497 e. The van der Waals surface area contributed by atoms with E-state index in [0.717, 1.165) is 42.5 Å². The molecule has 0 aliphatic heterocycles. The summed E-state index contributed by atoms with van der Waals surface area (Å²) < 4.78 is 7.01. The lowest BCUT2D eigenvalue weighted by atomic mass is 9.95. The van der Waals surface area contributed by atoms with E-state index in [2.05, 4.69) is 10.3 Å². The molecule has 1 aromatic heterocycles. The van der Waals surface area contributed by atoms with Crippen LogP contribution in [0.5, 0.6) is 5.75 Å². The van der Waals surface area contributed by atoms with Crippen LogP contribution in [0.3, 0.4) is 0 Å². The minimum atomic E-state index is -0.163. The molecule has 1 heterocycles. The molecule has 3 aromatic rings. The number of hydrogen-bond acceptors (Lipinski definition) is 3. The summed E-state index contributed by atoms with van der Waals surface area (Å²) in [7, 11) is 1.62. The van der Waals surface area contributed by atoms with Crippen molar-refractivity contribution in [2.45, 2.75) is 44.7 Å². The molecule has 6 nitrogen and oxygen atoms in total. The van der Waals surface area contributed by atoms with Gasteiger partial charge in [0, 0.05) is 18.2 Å². The summed E-state index contributed by atoms with van der Waals surface area (Å²) in [5.41, 5.74) is 3.04. The van der Waals surface area contributed by atoms with Gasteiger partial charge in [-0.05, 0) is 48.7 Å². The van der Waals surface area contributed by atoms with Crippen molar-refractivity contribution in [1.82, 2.24) is 14.9 Å². The van der Waals surface area contributed by atoms with Gasteiger partial charge >= 0.3 is 5.69 Å². The van der Waals surface area contributed by atoms with Gasteiger partial charge in [-0.3, -0.25) is 9.36 Å². The van der Waals surface area contributed by atoms with Gasteiger partial charge in [0.15, 0.2) is 0 Å². The van der Waals surface area contributed by atoms with Gasteiger partial charge in [0.05, 0.1) is 18.1 Å². The minimum absolute atomic E-state index is 0.0855. The van der Waals surface area contributed by atoms with Gasteiger partial charge in [0.25, 0.3) is 5.91 Å². The quantitative estimate of drug-likeness (QED) is 0.708. The lowest BCUT2D eigenvalue weighted by molar-refractivity contribution is 0.0951. The Morgan fingerprint density at radius 3 is 2.61 bits per heavy atom. The lowest BCUT2D eigenvalue weighted by Crippen LogP contribution is -2.24. The van der Waals surface area contributed by atoms with E-state index in [1.54, 1.807) is 19.2 Å². The Morgan fingerprint density at radius 2 is 1.89 bits per heavy atom. The van der Waals surface area contributed by atoms with Crippen molar-refractivity contribution in [3.05, 3.63) is 64.1 Å². The number of rotatable bonds is 5. The maximum absolute atomic E-state index is 12.5. The van der Waals surface area contributed by atoms with E-state index in [4.69, 9.17) is 4.74 Å². The van der Waals surface area contributed by atoms with Crippen molar-refractivity contribution in [3.63, 3.8) is 0 Å². The smallest absolute Gasteiger partial charge is 0.326 e. The molecule has 0 unspecified atom stereocenters. The summed E-state index contributed by atoms with van der Waals surface area (Å²) in [6.07, 6.45) is 5.64. The second-order valence-corrected chi connectivity index (χ2v) is 7.35. The lowest BCUT2D eigenvalue weighted by Gasteiger charge is -2.22. The van der Waals surface area contributed by atoms with Crippen molar-refractivity contribution >= 4 is 16.9 Å². The number of benzene rings is 2. The summed E-state index contributed by atoms with van der Waals surface area (Å²) in [5.74, 6) is 0.621. The van der Waals surface area contributed by atoms with E-state index >= 15 is 0 Å². The zero-order valence-corrected chi connectivity index (χ0v) is 16.0. The van der Waals surface area contributed by atoms with Crippen LogP contribution in [-0.2, 0) is 6.54 Å². The van der Waals surface area contributed by atoms with Gasteiger partial charge in [-0.1, -0.05) is 31.4 Å². The first-order valence-electron chi connectivity index (χ1n) is 9.81. The second-order valence-electron chi connectivity index (χ2n) is 7.35. The highest BCUT2D eigenvalue weighted by Crippen LogP contribution is 2.29. The molecule has 4 rings (SSSR count). The Hall–Kier alpha value is -3.02. The third-order valence-electron chi connectivity index (χ3n) is 5.53. The predicted molar refractivity (Wildman–Crippen MR) is 109 cm³/mol. The molecule has 146 valence electrons. The Labute approximate surface area is 163 Å². The number of hydrogen-bond donors (Lipinski definition) is 2. The molecule has 1 aliphatic rings. The normalized spacial score (nSPS) is 14.9. The summed E-state index contributed by atoms with van der Waals surface area (Å²) in [5, 5.41) is 2.92. The van der Waals surface area contributed by atoms with Crippen molar-refractivity contribution in [3.8, 4) is 5.75 Å². The van der Waals surface area contributed by atoms with Crippen LogP contribution in [-0.4, -0.2) is 22.6 Å². The highest BCUT2D eigenvalue weighted by Gasteiger charge is 2.20. The van der Waals surface area contributed by atoms with E-state index in [0.29, 0.717) is 17.6 Å². The van der Waals surface area contributed by atoms with E-state index in [1.807, 2.05) is 34.9 Å². The van der Waals surface area contributed by atoms with Crippen LogP contribution in [0, 0.1) is 0 Å². The Kier molecular flexibility index (Phi) is 5.19. The first-order chi connectivity index (χ1) is 13.7. The fraction of sp³-hybridized carbons (Fsp3) is 0.364. The summed E-state index contributed by atoms with van der Waals surface area (Å²) in [6, 6.07) is 13.3. The zero-order chi connectivity index (χ0) is 19.5. The van der Waals surface area contributed by atoms with E-state index in [9.17, 15) is 9.59 Å². The molecule has 1 saturated carbocycles. The molecule has 0 radical (unpaired) electrons. The summed E-state index contributed by atoms with van der Waals surface area (Å²) >= 11 is 0. The molecule has 2 aromatic carbocycles. The molecular weight excluding hydrogens is 354 g/mol. The number of amides is 1. The number of nitrogens with zero attached hydrogens (tertiary/aromatic N) is 1. The SMILES string of the molecule is COc1ccc(CNC(=O)c2ccc3c(c2)[nH]c(=O)n3C2CCCCC2)cc1. The molecule has 0 saturated heterocycles. The van der Waals surface area contributed by atoms with Crippen LogP contribution in [0.15, 0.2) is 47.3 Å². The van der Waals surface area contributed by atoms with Crippen LogP contribution in [0.4, 0.5) is 0 Å². The number of methoxy groups -OCH3 is 1. The zero-order valence-electron chi connectivity index (χ0n) is 16.0. The number of H-pyrrole nitrogens is 1. The number of aromatic nitrogens is 2. The number of ether oxygens (including phenoxy) is 1. The first-order valence-corrected chi connectivity index (χ1v) is 9.81. The molecule has 28 heavy (non-hydrogen) atoms. The minimum Gasteiger partial charge on any atom is -0.497 e. The van der Waals surface area contributed by atoms with Gasteiger partial charge in [0.2, 0.25) is 0 Å². The Balaban J connectivity index is 1.50. The molecule has 1 fully saturated rings. The fourth-order valence-corrected chi connectivity index (χ4v) is 4.00. The molecule has 1 amide bonds. The highest BCUT2D eigenvalue weighted by atomic mass is 16.5. The topological polar surface area (TPSA) is 76.1 Å². The van der Waals surface area contributed by atoms with Gasteiger partial charge in [-0.25, -0.2) is 4.79 Å². The van der Waals surface area contributed by atoms with Crippen LogP contribution in [0.25, 0.3) is 11.0 Å². The average molecular weight is 379 g/mol. The molecule has 1 aliphatic carbocycles.